The highest BCUT2D eigenvalue weighted by Crippen LogP contribution is 2.09. The van der Waals surface area contributed by atoms with E-state index >= 15 is 0 Å². The van der Waals surface area contributed by atoms with E-state index in [2.05, 4.69) is 38.1 Å². The average Bonchev–Trinajstić information content (AvgIpc) is 2.32. The molecule has 0 aliphatic carbocycles. The molecule has 0 radical (unpaired) electrons. The Labute approximate surface area is 134 Å². The van der Waals surface area contributed by atoms with E-state index in [1.54, 1.807) is 6.20 Å². The first kappa shape index (κ1) is 17.5. The molecule has 21 heavy (non-hydrogen) atoms. The molecular formula is C16H21BrN2O2. The summed E-state index contributed by atoms with van der Waals surface area (Å²) in [7, 11) is 0. The number of alkyl carbamates (subject to hydrolysis) is 1. The third-order valence-corrected chi connectivity index (χ3v) is 2.90. The summed E-state index contributed by atoms with van der Waals surface area (Å²) < 4.78 is 6.16. The zero-order valence-corrected chi connectivity index (χ0v) is 14.5. The van der Waals surface area contributed by atoms with Crippen molar-refractivity contribution < 1.29 is 9.53 Å². The van der Waals surface area contributed by atoms with Gasteiger partial charge in [-0.25, -0.2) is 9.78 Å². The molecule has 5 heteroatoms. The van der Waals surface area contributed by atoms with E-state index in [0.29, 0.717) is 6.42 Å². The number of amides is 1. The molecule has 114 valence electrons. The summed E-state index contributed by atoms with van der Waals surface area (Å²) in [5.41, 5.74) is 0.257. The van der Waals surface area contributed by atoms with Crippen molar-refractivity contribution in [2.75, 3.05) is 0 Å². The number of nitrogens with one attached hydrogen (secondary N) is 1. The van der Waals surface area contributed by atoms with Crippen molar-refractivity contribution >= 4 is 22.0 Å². The maximum Gasteiger partial charge on any atom is 0.407 e. The first-order valence-corrected chi connectivity index (χ1v) is 7.65. The van der Waals surface area contributed by atoms with Crippen molar-refractivity contribution in [3.8, 4) is 11.8 Å². The van der Waals surface area contributed by atoms with Gasteiger partial charge in [-0.3, -0.25) is 0 Å². The smallest absolute Gasteiger partial charge is 0.407 e. The molecule has 1 aromatic heterocycles. The van der Waals surface area contributed by atoms with Gasteiger partial charge >= 0.3 is 6.09 Å². The van der Waals surface area contributed by atoms with Gasteiger partial charge in [0.25, 0.3) is 0 Å². The standard InChI is InChI=1S/C16H21BrN2O2/c1-12(19-15(20)21-16(2,3)4)7-5-6-8-14-11-13(17)9-10-18-14/h9-12H,5,7H2,1-4H3,(H,19,20)/t12-/m0/s1. The highest BCUT2D eigenvalue weighted by Gasteiger charge is 2.17. The molecule has 0 aliphatic rings. The molecular weight excluding hydrogens is 332 g/mol. The van der Waals surface area contributed by atoms with Crippen LogP contribution in [0.2, 0.25) is 0 Å². The van der Waals surface area contributed by atoms with E-state index in [9.17, 15) is 4.79 Å². The van der Waals surface area contributed by atoms with Crippen LogP contribution in [0.15, 0.2) is 22.8 Å². The molecule has 0 bridgehead atoms. The zero-order chi connectivity index (χ0) is 15.9. The van der Waals surface area contributed by atoms with Gasteiger partial charge in [0.2, 0.25) is 0 Å². The van der Waals surface area contributed by atoms with Crippen LogP contribution in [-0.4, -0.2) is 22.7 Å². The second kappa shape index (κ2) is 8.04. The van der Waals surface area contributed by atoms with Crippen LogP contribution in [0.5, 0.6) is 0 Å². The van der Waals surface area contributed by atoms with Crippen molar-refractivity contribution in [3.63, 3.8) is 0 Å². The Kier molecular flexibility index (Phi) is 6.70. The fourth-order valence-electron chi connectivity index (χ4n) is 1.50. The Hall–Kier alpha value is -1.54. The molecule has 0 aromatic carbocycles. The van der Waals surface area contributed by atoms with Crippen LogP contribution in [0.1, 0.15) is 46.2 Å². The average molecular weight is 353 g/mol. The number of pyridine rings is 1. The van der Waals surface area contributed by atoms with Crippen molar-refractivity contribution in [3.05, 3.63) is 28.5 Å². The molecule has 0 saturated heterocycles. The molecule has 1 amide bonds. The van der Waals surface area contributed by atoms with Gasteiger partial charge in [-0.1, -0.05) is 21.9 Å². The van der Waals surface area contributed by atoms with Gasteiger partial charge in [-0.2, -0.15) is 0 Å². The van der Waals surface area contributed by atoms with E-state index in [1.807, 2.05) is 39.8 Å². The molecule has 1 rings (SSSR count). The third kappa shape index (κ3) is 8.36. The van der Waals surface area contributed by atoms with E-state index in [1.165, 1.54) is 0 Å². The quantitative estimate of drug-likeness (QED) is 0.839. The number of carbonyl (C=O) groups excluding carboxylic acids is 1. The molecule has 1 aromatic rings. The van der Waals surface area contributed by atoms with Crippen LogP contribution in [0.25, 0.3) is 0 Å². The molecule has 0 unspecified atom stereocenters. The molecule has 1 atom stereocenters. The molecule has 1 heterocycles. The number of aromatic nitrogens is 1. The summed E-state index contributed by atoms with van der Waals surface area (Å²) >= 11 is 3.38. The Balaban J connectivity index is 2.34. The lowest BCUT2D eigenvalue weighted by Gasteiger charge is -2.21. The number of rotatable bonds is 3. The summed E-state index contributed by atoms with van der Waals surface area (Å²) in [4.78, 5) is 15.7. The minimum absolute atomic E-state index is 0.0182. The zero-order valence-electron chi connectivity index (χ0n) is 12.9. The number of carbonyl (C=O) groups is 1. The van der Waals surface area contributed by atoms with Crippen molar-refractivity contribution in [1.29, 1.82) is 0 Å². The second-order valence-corrected chi connectivity index (χ2v) is 6.66. The van der Waals surface area contributed by atoms with Gasteiger partial charge in [0.15, 0.2) is 0 Å². The maximum atomic E-state index is 11.6. The summed E-state index contributed by atoms with van der Waals surface area (Å²) in [5, 5.41) is 2.79. The monoisotopic (exact) mass is 352 g/mol. The Morgan fingerprint density at radius 2 is 2.24 bits per heavy atom. The number of halogens is 1. The predicted molar refractivity (Wildman–Crippen MR) is 86.9 cm³/mol. The van der Waals surface area contributed by atoms with Gasteiger partial charge in [0.1, 0.15) is 11.3 Å². The van der Waals surface area contributed by atoms with Gasteiger partial charge in [-0.15, -0.1) is 0 Å². The van der Waals surface area contributed by atoms with Crippen LogP contribution < -0.4 is 5.32 Å². The van der Waals surface area contributed by atoms with E-state index < -0.39 is 11.7 Å². The van der Waals surface area contributed by atoms with Gasteiger partial charge in [0.05, 0.1) is 0 Å². The fraction of sp³-hybridized carbons (Fsp3) is 0.500. The summed E-state index contributed by atoms with van der Waals surface area (Å²) in [5.74, 6) is 6.05. The predicted octanol–water partition coefficient (Wildman–Crippen LogP) is 3.89. The molecule has 0 saturated carbocycles. The lowest BCUT2D eigenvalue weighted by Crippen LogP contribution is -2.37. The first-order chi connectivity index (χ1) is 9.76. The van der Waals surface area contributed by atoms with Crippen LogP contribution in [0.4, 0.5) is 4.79 Å². The van der Waals surface area contributed by atoms with Gasteiger partial charge in [0, 0.05) is 23.1 Å². The summed E-state index contributed by atoms with van der Waals surface area (Å²) in [6.45, 7) is 7.46. The molecule has 1 N–H and O–H groups in total. The minimum Gasteiger partial charge on any atom is -0.444 e. The number of nitrogens with zero attached hydrogens (tertiary/aromatic N) is 1. The summed E-state index contributed by atoms with van der Waals surface area (Å²) in [6.07, 6.45) is 2.77. The molecule has 0 spiro atoms. The van der Waals surface area contributed by atoms with Crippen molar-refractivity contribution in [1.82, 2.24) is 10.3 Å². The second-order valence-electron chi connectivity index (χ2n) is 5.75. The minimum atomic E-state index is -0.476. The number of hydrogen-bond donors (Lipinski definition) is 1. The van der Waals surface area contributed by atoms with E-state index in [0.717, 1.165) is 16.6 Å². The van der Waals surface area contributed by atoms with Crippen molar-refractivity contribution in [2.24, 2.45) is 0 Å². The largest absolute Gasteiger partial charge is 0.444 e. The SMILES string of the molecule is C[C@@H](CCC#Cc1cc(Br)ccn1)NC(=O)OC(C)(C)C. The highest BCUT2D eigenvalue weighted by atomic mass is 79.9. The summed E-state index contributed by atoms with van der Waals surface area (Å²) in [6, 6.07) is 3.75. The van der Waals surface area contributed by atoms with E-state index in [-0.39, 0.29) is 6.04 Å². The molecule has 0 aliphatic heterocycles. The Morgan fingerprint density at radius 3 is 2.86 bits per heavy atom. The van der Waals surface area contributed by atoms with Crippen molar-refractivity contribution in [2.45, 2.75) is 52.2 Å². The van der Waals surface area contributed by atoms with Crippen LogP contribution in [0, 0.1) is 11.8 Å². The lowest BCUT2D eigenvalue weighted by atomic mass is 10.2. The molecule has 4 nitrogen and oxygen atoms in total. The third-order valence-electron chi connectivity index (χ3n) is 2.40. The number of hydrogen-bond acceptors (Lipinski definition) is 3. The van der Waals surface area contributed by atoms with Crippen LogP contribution >= 0.6 is 15.9 Å². The maximum absolute atomic E-state index is 11.6. The highest BCUT2D eigenvalue weighted by molar-refractivity contribution is 9.10. The first-order valence-electron chi connectivity index (χ1n) is 6.86. The Bertz CT molecular complexity index is 541. The lowest BCUT2D eigenvalue weighted by molar-refractivity contribution is 0.0507. The van der Waals surface area contributed by atoms with Crippen LogP contribution in [-0.2, 0) is 4.74 Å². The number of ether oxygens (including phenoxy) is 1. The Morgan fingerprint density at radius 1 is 1.52 bits per heavy atom. The van der Waals surface area contributed by atoms with Gasteiger partial charge < -0.3 is 10.1 Å². The van der Waals surface area contributed by atoms with Gasteiger partial charge in [-0.05, 0) is 52.2 Å². The topological polar surface area (TPSA) is 51.2 Å². The normalized spacial score (nSPS) is 12.0. The van der Waals surface area contributed by atoms with Crippen LogP contribution in [0.3, 0.4) is 0 Å². The fourth-order valence-corrected chi connectivity index (χ4v) is 1.83. The van der Waals surface area contributed by atoms with E-state index in [4.69, 9.17) is 4.74 Å². The molecule has 0 fully saturated rings.